The van der Waals surface area contributed by atoms with E-state index in [2.05, 4.69) is 22.1 Å². The van der Waals surface area contributed by atoms with E-state index in [1.807, 2.05) is 23.6 Å². The van der Waals surface area contributed by atoms with E-state index in [-0.39, 0.29) is 5.78 Å². The van der Waals surface area contributed by atoms with Crippen molar-refractivity contribution < 1.29 is 4.79 Å². The molecular formula is C20H20N2OS2. The Morgan fingerprint density at radius 1 is 1.08 bits per heavy atom. The molecule has 0 bridgehead atoms. The molecule has 128 valence electrons. The predicted octanol–water partition coefficient (Wildman–Crippen LogP) is 5.71. The normalized spacial score (nSPS) is 15.5. The first-order valence-corrected chi connectivity index (χ1v) is 10.6. The second-order valence-electron chi connectivity index (χ2n) is 6.49. The highest BCUT2D eigenvalue weighted by molar-refractivity contribution is 8.00. The standard InChI is InChI=1S/C20H20N2OS2/c23-18(12-25-20-17-10-11-24-19(17)21-13-22-20)16-8-6-15(7-9-16)14-4-2-1-3-5-14/h6-11,13-14H,1-5,12H2. The summed E-state index contributed by atoms with van der Waals surface area (Å²) in [6.45, 7) is 0. The van der Waals surface area contributed by atoms with E-state index in [9.17, 15) is 4.79 Å². The van der Waals surface area contributed by atoms with Crippen molar-refractivity contribution in [3.63, 3.8) is 0 Å². The number of thiophene rings is 1. The number of hydrogen-bond donors (Lipinski definition) is 0. The molecule has 0 N–H and O–H groups in total. The van der Waals surface area contributed by atoms with Gasteiger partial charge in [-0.15, -0.1) is 11.3 Å². The van der Waals surface area contributed by atoms with Crippen molar-refractivity contribution in [2.45, 2.75) is 43.0 Å². The first-order valence-electron chi connectivity index (χ1n) is 8.75. The summed E-state index contributed by atoms with van der Waals surface area (Å²) in [5.41, 5.74) is 2.18. The monoisotopic (exact) mass is 368 g/mol. The number of rotatable bonds is 5. The number of fused-ring (bicyclic) bond motifs is 1. The third kappa shape index (κ3) is 3.77. The number of thioether (sulfide) groups is 1. The van der Waals surface area contributed by atoms with Crippen LogP contribution < -0.4 is 0 Å². The van der Waals surface area contributed by atoms with Crippen molar-refractivity contribution in [1.29, 1.82) is 0 Å². The summed E-state index contributed by atoms with van der Waals surface area (Å²) < 4.78 is 0. The van der Waals surface area contributed by atoms with Gasteiger partial charge in [0, 0.05) is 10.9 Å². The molecule has 3 aromatic rings. The summed E-state index contributed by atoms with van der Waals surface area (Å²) in [6.07, 6.45) is 8.17. The Kier molecular flexibility index (Phi) is 5.13. The number of aromatic nitrogens is 2. The van der Waals surface area contributed by atoms with Crippen molar-refractivity contribution in [2.75, 3.05) is 5.75 Å². The zero-order chi connectivity index (χ0) is 17.1. The van der Waals surface area contributed by atoms with Gasteiger partial charge in [0.15, 0.2) is 5.78 Å². The van der Waals surface area contributed by atoms with Crippen molar-refractivity contribution in [3.8, 4) is 0 Å². The summed E-state index contributed by atoms with van der Waals surface area (Å²) in [7, 11) is 0. The van der Waals surface area contributed by atoms with Crippen LogP contribution >= 0.6 is 23.1 Å². The van der Waals surface area contributed by atoms with E-state index in [1.54, 1.807) is 17.7 Å². The van der Waals surface area contributed by atoms with Gasteiger partial charge in [-0.1, -0.05) is 55.3 Å². The van der Waals surface area contributed by atoms with Crippen LogP contribution in [0.15, 0.2) is 47.1 Å². The third-order valence-electron chi connectivity index (χ3n) is 4.87. The van der Waals surface area contributed by atoms with E-state index in [0.29, 0.717) is 11.7 Å². The summed E-state index contributed by atoms with van der Waals surface area (Å²) in [6, 6.07) is 10.3. The average Bonchev–Trinajstić information content (AvgIpc) is 3.16. The molecule has 0 unspecified atom stereocenters. The van der Waals surface area contributed by atoms with E-state index < -0.39 is 0 Å². The van der Waals surface area contributed by atoms with Crippen molar-refractivity contribution >= 4 is 39.1 Å². The predicted molar refractivity (Wildman–Crippen MR) is 105 cm³/mol. The summed E-state index contributed by atoms with van der Waals surface area (Å²) in [5, 5.41) is 3.94. The molecule has 3 nitrogen and oxygen atoms in total. The van der Waals surface area contributed by atoms with Gasteiger partial charge in [-0.25, -0.2) is 9.97 Å². The average molecular weight is 369 g/mol. The molecular weight excluding hydrogens is 348 g/mol. The maximum Gasteiger partial charge on any atom is 0.173 e. The van der Waals surface area contributed by atoms with Crippen LogP contribution in [0.5, 0.6) is 0 Å². The minimum absolute atomic E-state index is 0.155. The molecule has 2 aromatic heterocycles. The Hall–Kier alpha value is -1.72. The van der Waals surface area contributed by atoms with Gasteiger partial charge in [0.05, 0.1) is 5.75 Å². The van der Waals surface area contributed by atoms with Gasteiger partial charge >= 0.3 is 0 Å². The number of carbonyl (C=O) groups is 1. The lowest BCUT2D eigenvalue weighted by molar-refractivity contribution is 0.102. The topological polar surface area (TPSA) is 42.9 Å². The SMILES string of the molecule is O=C(CSc1ncnc2sccc12)c1ccc(C2CCCCC2)cc1. The molecule has 0 radical (unpaired) electrons. The summed E-state index contributed by atoms with van der Waals surface area (Å²) in [5.74, 6) is 1.24. The first-order chi connectivity index (χ1) is 12.3. The highest BCUT2D eigenvalue weighted by Crippen LogP contribution is 2.33. The lowest BCUT2D eigenvalue weighted by Crippen LogP contribution is -2.06. The molecule has 1 fully saturated rings. The highest BCUT2D eigenvalue weighted by Gasteiger charge is 2.16. The Labute approximate surface area is 155 Å². The smallest absolute Gasteiger partial charge is 0.173 e. The quantitative estimate of drug-likeness (QED) is 0.328. The van der Waals surface area contributed by atoms with Crippen LogP contribution in [0.3, 0.4) is 0 Å². The van der Waals surface area contributed by atoms with Crippen LogP contribution in [0, 0.1) is 0 Å². The molecule has 2 heterocycles. The molecule has 0 amide bonds. The van der Waals surface area contributed by atoms with Crippen LogP contribution in [-0.4, -0.2) is 21.5 Å². The van der Waals surface area contributed by atoms with Gasteiger partial charge in [-0.05, 0) is 35.8 Å². The Morgan fingerprint density at radius 3 is 2.68 bits per heavy atom. The zero-order valence-corrected chi connectivity index (χ0v) is 15.6. The van der Waals surface area contributed by atoms with E-state index >= 15 is 0 Å². The Balaban J connectivity index is 1.41. The number of nitrogens with zero attached hydrogens (tertiary/aromatic N) is 2. The molecule has 0 aliphatic heterocycles. The fourth-order valence-corrected chi connectivity index (χ4v) is 5.15. The zero-order valence-electron chi connectivity index (χ0n) is 14.0. The Bertz CT molecular complexity index is 867. The molecule has 1 aromatic carbocycles. The van der Waals surface area contributed by atoms with Crippen molar-refractivity contribution in [2.24, 2.45) is 0 Å². The Morgan fingerprint density at radius 2 is 1.88 bits per heavy atom. The van der Waals surface area contributed by atoms with Gasteiger partial charge in [-0.3, -0.25) is 4.79 Å². The maximum absolute atomic E-state index is 12.5. The lowest BCUT2D eigenvalue weighted by atomic mass is 9.84. The molecule has 4 rings (SSSR count). The van der Waals surface area contributed by atoms with Gasteiger partial charge < -0.3 is 0 Å². The minimum Gasteiger partial charge on any atom is -0.293 e. The molecule has 25 heavy (non-hydrogen) atoms. The molecule has 0 atom stereocenters. The van der Waals surface area contributed by atoms with Crippen molar-refractivity contribution in [1.82, 2.24) is 9.97 Å². The van der Waals surface area contributed by atoms with Crippen LogP contribution in [0.1, 0.15) is 53.9 Å². The molecule has 1 aliphatic rings. The number of benzene rings is 1. The van der Waals surface area contributed by atoms with E-state index in [1.165, 1.54) is 49.4 Å². The van der Waals surface area contributed by atoms with Gasteiger partial charge in [-0.2, -0.15) is 0 Å². The van der Waals surface area contributed by atoms with Crippen LogP contribution in [0.25, 0.3) is 10.2 Å². The van der Waals surface area contributed by atoms with Gasteiger partial charge in [0.2, 0.25) is 0 Å². The fraction of sp³-hybridized carbons (Fsp3) is 0.350. The molecule has 0 saturated heterocycles. The maximum atomic E-state index is 12.5. The number of ketones is 1. The summed E-state index contributed by atoms with van der Waals surface area (Å²) >= 11 is 3.09. The van der Waals surface area contributed by atoms with Crippen molar-refractivity contribution in [3.05, 3.63) is 53.2 Å². The van der Waals surface area contributed by atoms with Crippen LogP contribution in [0.4, 0.5) is 0 Å². The second kappa shape index (κ2) is 7.67. The minimum atomic E-state index is 0.155. The van der Waals surface area contributed by atoms with Gasteiger partial charge in [0.1, 0.15) is 16.2 Å². The fourth-order valence-electron chi connectivity index (χ4n) is 3.48. The van der Waals surface area contributed by atoms with Crippen LogP contribution in [-0.2, 0) is 0 Å². The number of Topliss-reactive ketones (excluding diaryl/α,β-unsaturated/α-hetero) is 1. The van der Waals surface area contributed by atoms with Crippen LogP contribution in [0.2, 0.25) is 0 Å². The molecule has 0 spiro atoms. The molecule has 1 aliphatic carbocycles. The third-order valence-corrected chi connectivity index (χ3v) is 6.70. The largest absolute Gasteiger partial charge is 0.293 e. The summed E-state index contributed by atoms with van der Waals surface area (Å²) in [4.78, 5) is 22.1. The number of hydrogen-bond acceptors (Lipinski definition) is 5. The lowest BCUT2D eigenvalue weighted by Gasteiger charge is -2.22. The highest BCUT2D eigenvalue weighted by atomic mass is 32.2. The van der Waals surface area contributed by atoms with Gasteiger partial charge in [0.25, 0.3) is 0 Å². The van der Waals surface area contributed by atoms with E-state index in [4.69, 9.17) is 0 Å². The molecule has 5 heteroatoms. The number of carbonyl (C=O) groups excluding carboxylic acids is 1. The second-order valence-corrected chi connectivity index (χ2v) is 8.35. The molecule has 1 saturated carbocycles. The van der Waals surface area contributed by atoms with E-state index in [0.717, 1.165) is 20.8 Å². The first kappa shape index (κ1) is 16.7.